The molecule has 29 nitrogen and oxygen atoms in total. The molecule has 6 aliphatic carbocycles. The van der Waals surface area contributed by atoms with Crippen LogP contribution in [0, 0.1) is 71.0 Å². The molecule has 0 spiro atoms. The molecule has 1 radical (unpaired) electrons. The predicted molar refractivity (Wildman–Crippen MR) is 235 cm³/mol. The summed E-state index contributed by atoms with van der Waals surface area (Å²) < 4.78 is 35.0. The zero-order valence-electron chi connectivity index (χ0n) is 39.7. The topological polar surface area (TPSA) is 537 Å². The third-order valence-corrected chi connectivity index (χ3v) is 18.0. The monoisotopic (exact) mass is 1090 g/mol. The number of carboxylic acids is 2. The van der Waals surface area contributed by atoms with Crippen LogP contribution < -0.4 is 5.11 Å². The fourth-order valence-electron chi connectivity index (χ4n) is 13.5. The van der Waals surface area contributed by atoms with Crippen molar-refractivity contribution in [3.63, 3.8) is 0 Å². The smallest absolute Gasteiger partial charge is 0.668 e. The summed E-state index contributed by atoms with van der Waals surface area (Å²) in [6.45, 7) is 0.971. The van der Waals surface area contributed by atoms with Gasteiger partial charge in [0.2, 0.25) is 0 Å². The van der Waals surface area contributed by atoms with E-state index < -0.39 is 271 Å². The minimum Gasteiger partial charge on any atom is -0.848 e. The zero-order valence-corrected chi connectivity index (χ0v) is 40.9. The van der Waals surface area contributed by atoms with Crippen LogP contribution in [0.4, 0.5) is 0 Å². The Labute approximate surface area is 426 Å². The number of carbonyl (C=O) groups excluding carboxylic acids is 4. The van der Waals surface area contributed by atoms with Gasteiger partial charge in [-0.15, -0.1) is 0 Å². The lowest BCUT2D eigenvalue weighted by Gasteiger charge is -2.55. The van der Waals surface area contributed by atoms with E-state index in [0.717, 1.165) is 0 Å². The third-order valence-electron chi connectivity index (χ3n) is 17.1. The van der Waals surface area contributed by atoms with E-state index in [-0.39, 0.29) is 11.0 Å². The number of Topliss-reactive ketones (excluding diaryl/α,β-unsaturated/α-hetero) is 2. The summed E-state index contributed by atoms with van der Waals surface area (Å²) in [5.41, 5.74) is 0. The van der Waals surface area contributed by atoms with Crippen LogP contribution in [0.25, 0.3) is 0 Å². The van der Waals surface area contributed by atoms with Crippen molar-refractivity contribution in [1.29, 1.82) is 0 Å². The molecule has 0 aromatic rings. The highest BCUT2D eigenvalue weighted by atomic mass is 27.2. The molecule has 6 saturated carbocycles. The van der Waals surface area contributed by atoms with Gasteiger partial charge in [0.1, 0.15) is 84.4 Å². The van der Waals surface area contributed by atoms with Crippen LogP contribution in [0.15, 0.2) is 0 Å². The van der Waals surface area contributed by atoms with E-state index in [9.17, 15) is 105 Å². The summed E-state index contributed by atoms with van der Waals surface area (Å²) in [6.07, 6.45) is -37.4. The number of hydrogen-bond acceptors (Lipinski definition) is 23. The fraction of sp³-hybridized carbons (Fsp3) is 0.864. The average molecular weight is 1090 g/mol. The van der Waals surface area contributed by atoms with Crippen molar-refractivity contribution in [2.24, 2.45) is 71.0 Å². The van der Waals surface area contributed by atoms with Crippen LogP contribution in [0.5, 0.6) is 0 Å². The minimum absolute atomic E-state index is 0. The maximum atomic E-state index is 14.7. The molecular weight excluding hydrogens is 1020 g/mol. The number of aliphatic hydroxyl groups excluding tert-OH is 12. The first-order valence-corrected chi connectivity index (χ1v) is 24.9. The van der Waals surface area contributed by atoms with E-state index in [0.29, 0.717) is 0 Å². The molecule has 21 N–H and O–H groups in total. The lowest BCUT2D eigenvalue weighted by Crippen LogP contribution is -2.71. The van der Waals surface area contributed by atoms with E-state index in [2.05, 4.69) is 0 Å². The summed E-state index contributed by atoms with van der Waals surface area (Å²) >= 11 is -2.20. The van der Waals surface area contributed by atoms with Gasteiger partial charge >= 0.3 is 39.4 Å². The lowest BCUT2D eigenvalue weighted by atomic mass is 9.52. The molecule has 31 unspecified atom stereocenters. The highest BCUT2D eigenvalue weighted by Crippen LogP contribution is 2.53. The van der Waals surface area contributed by atoms with Gasteiger partial charge in [-0.25, -0.2) is 0 Å². The predicted octanol–water partition coefficient (Wildman–Crippen LogP) is -10.8. The van der Waals surface area contributed by atoms with Crippen LogP contribution >= 0.6 is 0 Å². The fourth-order valence-corrected chi connectivity index (χ4v) is 14.5. The molecule has 0 aromatic carbocycles. The van der Waals surface area contributed by atoms with Crippen molar-refractivity contribution in [2.75, 3.05) is 13.2 Å². The van der Waals surface area contributed by atoms with E-state index >= 15 is 0 Å². The largest absolute Gasteiger partial charge is 0.848 e. The van der Waals surface area contributed by atoms with Crippen molar-refractivity contribution >= 4 is 51.0 Å². The molecule has 0 bridgehead atoms. The molecule has 30 heteroatoms. The summed E-state index contributed by atoms with van der Waals surface area (Å²) in [5, 5.41) is 164. The number of ketones is 4. The standard InChI is InChI=1S/C22H31O14.C22H30O13.Al.2H2O/c1-4-8-5(2-6(24)9(4)21(33)34)12(25)10-11(14(8)27)16(29)20(18(31)15(10)28)36-22-19(32)17(30)13(26)7(3-23)35-22;1-5-11-6(2-8(24)12(5)21(32)33)15(26)13-7(14(11)25)3-9(16(27)18(13)29)34-22-20(31)19(30)17(28)10(4-23)35-22;;;/h4-11,13,15-20,22-24,26,29-32H,2-3H2,1H3,(H,33,34);5-13,16-20,22-24,28,30-31H,2-4H2,1H3,(H,32,33);;2*1H2/q-1;-2;+2;;/p+3. The Kier molecular flexibility index (Phi) is 19.1. The molecule has 2 heterocycles. The zero-order chi connectivity index (χ0) is 52.8. The second-order valence-electron chi connectivity index (χ2n) is 20.8. The number of aliphatic carboxylic acids is 2. The van der Waals surface area contributed by atoms with Crippen molar-refractivity contribution in [2.45, 2.75) is 149 Å². The Balaban J connectivity index is 0.00000446. The van der Waals surface area contributed by atoms with Crippen LogP contribution in [0.2, 0.25) is 0 Å². The summed E-state index contributed by atoms with van der Waals surface area (Å²) in [4.78, 5) is 78.0. The van der Waals surface area contributed by atoms with Crippen molar-refractivity contribution in [3.05, 3.63) is 0 Å². The van der Waals surface area contributed by atoms with Gasteiger partial charge in [-0.05, 0) is 31.1 Å². The SMILES string of the molecule is CC1C(C(=O)O)C(O)CC2C(=[OH+])C3C(CC(OC4OC(CO)C(O)C(O)C4O)C([O-])C3[O][Al][O]C3C(O)C(OC4OC(CO)C(O)C(O)C4O)C(O)C4C(=O)C5C(CC(O)C(C(=O)O)C5C)C(=[OH+])C34)C(=O)C21.O.[OH3+]. The first kappa shape index (κ1) is 60.5. The van der Waals surface area contributed by atoms with Gasteiger partial charge < -0.3 is 114 Å². The van der Waals surface area contributed by atoms with Gasteiger partial charge in [-0.3, -0.25) is 28.8 Å². The normalized spacial score (nSPS) is 51.2. The number of fused-ring (bicyclic) bond motifs is 4. The van der Waals surface area contributed by atoms with E-state index in [1.54, 1.807) is 0 Å². The van der Waals surface area contributed by atoms with Gasteiger partial charge in [0, 0.05) is 23.9 Å². The second-order valence-corrected chi connectivity index (χ2v) is 21.5. The van der Waals surface area contributed by atoms with Crippen molar-refractivity contribution in [1.82, 2.24) is 0 Å². The molecule has 0 aromatic heterocycles. The van der Waals surface area contributed by atoms with Crippen LogP contribution in [0.3, 0.4) is 0 Å². The first-order valence-electron chi connectivity index (χ1n) is 24.0. The second kappa shape index (κ2) is 23.3. The van der Waals surface area contributed by atoms with Gasteiger partial charge in [0.05, 0.1) is 73.3 Å². The summed E-state index contributed by atoms with van der Waals surface area (Å²) in [5.74, 6) is -22.1. The number of hydrogen-bond donors (Lipinski definition) is 14. The molecule has 419 valence electrons. The third kappa shape index (κ3) is 10.1. The lowest BCUT2D eigenvalue weighted by molar-refractivity contribution is -0.473. The Morgan fingerprint density at radius 1 is 0.581 bits per heavy atom. The van der Waals surface area contributed by atoms with Gasteiger partial charge in [-0.2, -0.15) is 0 Å². The quantitative estimate of drug-likeness (QED) is 0.0490. The molecule has 2 saturated heterocycles. The highest BCUT2D eigenvalue weighted by molar-refractivity contribution is 6.18. The maximum absolute atomic E-state index is 14.7. The molecule has 74 heavy (non-hydrogen) atoms. The van der Waals surface area contributed by atoms with Crippen molar-refractivity contribution < 1.29 is 143 Å². The molecule has 31 atom stereocenters. The van der Waals surface area contributed by atoms with Crippen molar-refractivity contribution in [3.8, 4) is 0 Å². The molecule has 0 amide bonds. The number of carboxylic acid groups (broad SMARTS) is 2. The van der Waals surface area contributed by atoms with Gasteiger partial charge in [0.15, 0.2) is 12.6 Å². The Morgan fingerprint density at radius 3 is 1.50 bits per heavy atom. The van der Waals surface area contributed by atoms with E-state index in [4.69, 9.17) is 26.5 Å². The molecule has 8 fully saturated rings. The average Bonchev–Trinajstić information content (AvgIpc) is 3.32. The minimum atomic E-state index is -2.20. The molecule has 8 rings (SSSR count). The Bertz CT molecular complexity index is 2060. The van der Waals surface area contributed by atoms with Crippen LogP contribution in [0.1, 0.15) is 33.1 Å². The summed E-state index contributed by atoms with van der Waals surface area (Å²) in [6, 6.07) is 0. The number of aliphatic hydroxyl groups is 12. The van der Waals surface area contributed by atoms with Gasteiger partial charge in [0.25, 0.3) is 0 Å². The first-order chi connectivity index (χ1) is 33.9. The van der Waals surface area contributed by atoms with E-state index in [1.807, 2.05) is 0 Å². The maximum Gasteiger partial charge on any atom is 0.668 e. The molecule has 8 aliphatic rings. The number of rotatable bonds is 12. The molecular formula is C44H68AlO29+2. The number of carbonyl (C=O) groups is 4. The van der Waals surface area contributed by atoms with Gasteiger partial charge in [-0.1, -0.05) is 20.0 Å². The summed E-state index contributed by atoms with van der Waals surface area (Å²) in [7, 11) is 0. The Morgan fingerprint density at radius 2 is 1.03 bits per heavy atom. The Hall–Kier alpha value is -2.69. The van der Waals surface area contributed by atoms with Crippen LogP contribution in [-0.2, 0) is 51.2 Å². The molecule has 2 aliphatic heterocycles. The van der Waals surface area contributed by atoms with Crippen LogP contribution in [-0.4, -0.2) is 267 Å². The highest BCUT2D eigenvalue weighted by Gasteiger charge is 2.69. The number of ether oxygens (including phenoxy) is 4. The van der Waals surface area contributed by atoms with E-state index in [1.165, 1.54) is 13.8 Å².